The highest BCUT2D eigenvalue weighted by molar-refractivity contribution is 7.10. The molecule has 1 atom stereocenters. The van der Waals surface area contributed by atoms with Crippen molar-refractivity contribution in [3.63, 3.8) is 0 Å². The lowest BCUT2D eigenvalue weighted by Crippen LogP contribution is -2.42. The summed E-state index contributed by atoms with van der Waals surface area (Å²) in [5, 5.41) is 2.05. The second-order valence-electron chi connectivity index (χ2n) is 6.00. The fourth-order valence-electron chi connectivity index (χ4n) is 3.33. The van der Waals surface area contributed by atoms with Crippen molar-refractivity contribution in [1.29, 1.82) is 0 Å². The summed E-state index contributed by atoms with van der Waals surface area (Å²) in [5.41, 5.74) is 2.98. The Bertz CT molecular complexity index is 701. The third-order valence-corrected chi connectivity index (χ3v) is 5.65. The molecule has 1 amide bonds. The van der Waals surface area contributed by atoms with Crippen molar-refractivity contribution in [1.82, 2.24) is 14.9 Å². The van der Waals surface area contributed by atoms with Crippen LogP contribution in [0, 0.1) is 0 Å². The first-order valence-corrected chi connectivity index (χ1v) is 8.97. The number of hydrogen-bond acceptors (Lipinski definition) is 5. The minimum atomic E-state index is -0.184. The Hall–Kier alpha value is -1.79. The number of fused-ring (bicyclic) bond motifs is 1. The van der Waals surface area contributed by atoms with Crippen LogP contribution in [0.1, 0.15) is 45.4 Å². The zero-order valence-electron chi connectivity index (χ0n) is 12.9. The van der Waals surface area contributed by atoms with Crippen molar-refractivity contribution in [2.24, 2.45) is 0 Å². The zero-order chi connectivity index (χ0) is 15.6. The largest absolute Gasteiger partial charge is 0.368 e. The Balaban J connectivity index is 1.53. The maximum Gasteiger partial charge on any atom is 0.255 e. The Morgan fingerprint density at radius 3 is 3.09 bits per heavy atom. The van der Waals surface area contributed by atoms with Gasteiger partial charge in [-0.25, -0.2) is 0 Å². The van der Waals surface area contributed by atoms with Gasteiger partial charge in [-0.15, -0.1) is 11.3 Å². The Labute approximate surface area is 139 Å². The van der Waals surface area contributed by atoms with Gasteiger partial charge < -0.3 is 9.64 Å². The van der Waals surface area contributed by atoms with E-state index in [-0.39, 0.29) is 12.0 Å². The predicted octanol–water partition coefficient (Wildman–Crippen LogP) is 2.63. The highest BCUT2D eigenvalue weighted by Gasteiger charge is 2.29. The van der Waals surface area contributed by atoms with E-state index in [2.05, 4.69) is 9.97 Å². The van der Waals surface area contributed by atoms with Crippen LogP contribution in [-0.4, -0.2) is 40.5 Å². The minimum Gasteiger partial charge on any atom is -0.368 e. The molecule has 2 aromatic heterocycles. The molecule has 1 aliphatic heterocycles. The predicted molar refractivity (Wildman–Crippen MR) is 87.6 cm³/mol. The smallest absolute Gasteiger partial charge is 0.255 e. The van der Waals surface area contributed by atoms with Crippen LogP contribution in [0.3, 0.4) is 0 Å². The second kappa shape index (κ2) is 6.37. The molecule has 0 bridgehead atoms. The lowest BCUT2D eigenvalue weighted by atomic mass is 9.95. The summed E-state index contributed by atoms with van der Waals surface area (Å²) in [6.07, 6.45) is 9.43. The Morgan fingerprint density at radius 2 is 2.22 bits per heavy atom. The molecule has 0 saturated carbocycles. The first-order valence-electron chi connectivity index (χ1n) is 8.09. The molecule has 1 saturated heterocycles. The van der Waals surface area contributed by atoms with Gasteiger partial charge >= 0.3 is 0 Å². The summed E-state index contributed by atoms with van der Waals surface area (Å²) in [5.74, 6) is 0.140. The monoisotopic (exact) mass is 329 g/mol. The van der Waals surface area contributed by atoms with Crippen molar-refractivity contribution in [3.8, 4) is 0 Å². The average molecular weight is 329 g/mol. The highest BCUT2D eigenvalue weighted by atomic mass is 32.1. The van der Waals surface area contributed by atoms with Crippen LogP contribution in [0.15, 0.2) is 24.0 Å². The van der Waals surface area contributed by atoms with Gasteiger partial charge in [-0.05, 0) is 31.2 Å². The third kappa shape index (κ3) is 2.88. The van der Waals surface area contributed by atoms with Crippen molar-refractivity contribution in [3.05, 3.63) is 45.7 Å². The lowest BCUT2D eigenvalue weighted by molar-refractivity contribution is -0.0249. The minimum absolute atomic E-state index is 0.140. The summed E-state index contributed by atoms with van der Waals surface area (Å²) < 4.78 is 5.78. The molecule has 4 rings (SSSR count). The van der Waals surface area contributed by atoms with E-state index >= 15 is 0 Å². The molecule has 23 heavy (non-hydrogen) atoms. The molecule has 0 unspecified atom stereocenters. The number of aromatic nitrogens is 2. The number of carbonyl (C=O) groups is 1. The van der Waals surface area contributed by atoms with E-state index in [9.17, 15) is 4.79 Å². The van der Waals surface area contributed by atoms with Crippen LogP contribution < -0.4 is 0 Å². The van der Waals surface area contributed by atoms with E-state index in [0.717, 1.165) is 24.1 Å². The Morgan fingerprint density at radius 1 is 1.30 bits per heavy atom. The van der Waals surface area contributed by atoms with Gasteiger partial charge in [0.1, 0.15) is 6.10 Å². The van der Waals surface area contributed by atoms with Crippen LogP contribution in [0.4, 0.5) is 0 Å². The number of thiophene rings is 1. The SMILES string of the molecule is O=C(c1csc2c1CCCC2)N1CCO[C@@H](c2cnccn2)C1. The first kappa shape index (κ1) is 14.8. The van der Waals surface area contributed by atoms with Gasteiger partial charge in [-0.1, -0.05) is 0 Å². The summed E-state index contributed by atoms with van der Waals surface area (Å²) in [7, 11) is 0. The molecule has 1 fully saturated rings. The number of aryl methyl sites for hydroxylation is 1. The van der Waals surface area contributed by atoms with Crippen LogP contribution in [0.2, 0.25) is 0 Å². The van der Waals surface area contributed by atoms with Crippen LogP contribution >= 0.6 is 11.3 Å². The lowest BCUT2D eigenvalue weighted by Gasteiger charge is -2.32. The molecule has 2 aromatic rings. The number of amides is 1. The molecule has 3 heterocycles. The molecule has 0 radical (unpaired) electrons. The fourth-order valence-corrected chi connectivity index (χ4v) is 4.45. The van der Waals surface area contributed by atoms with Gasteiger partial charge in [0.25, 0.3) is 5.91 Å². The summed E-state index contributed by atoms with van der Waals surface area (Å²) in [4.78, 5) is 24.7. The number of nitrogens with zero attached hydrogens (tertiary/aromatic N) is 3. The molecular formula is C17H19N3O2S. The van der Waals surface area contributed by atoms with E-state index < -0.39 is 0 Å². The highest BCUT2D eigenvalue weighted by Crippen LogP contribution is 2.31. The Kier molecular flexibility index (Phi) is 4.10. The molecule has 6 heteroatoms. The van der Waals surface area contributed by atoms with Gasteiger partial charge in [0, 0.05) is 29.2 Å². The second-order valence-corrected chi connectivity index (χ2v) is 6.96. The first-order chi connectivity index (χ1) is 11.3. The van der Waals surface area contributed by atoms with Crippen LogP contribution in [-0.2, 0) is 17.6 Å². The number of ether oxygens (including phenoxy) is 1. The van der Waals surface area contributed by atoms with Crippen LogP contribution in [0.25, 0.3) is 0 Å². The number of rotatable bonds is 2. The van der Waals surface area contributed by atoms with Crippen molar-refractivity contribution < 1.29 is 9.53 Å². The van der Waals surface area contributed by atoms with E-state index in [0.29, 0.717) is 19.7 Å². The molecule has 5 nitrogen and oxygen atoms in total. The van der Waals surface area contributed by atoms with Crippen molar-refractivity contribution >= 4 is 17.2 Å². The fraction of sp³-hybridized carbons (Fsp3) is 0.471. The molecule has 0 spiro atoms. The molecule has 0 aromatic carbocycles. The van der Waals surface area contributed by atoms with Gasteiger partial charge in [0.05, 0.1) is 30.6 Å². The molecule has 1 aliphatic carbocycles. The molecular weight excluding hydrogens is 310 g/mol. The molecule has 120 valence electrons. The molecule has 2 aliphatic rings. The van der Waals surface area contributed by atoms with Gasteiger partial charge in [0.15, 0.2) is 0 Å². The zero-order valence-corrected chi connectivity index (χ0v) is 13.7. The maximum absolute atomic E-state index is 13.0. The van der Waals surface area contributed by atoms with E-state index in [1.54, 1.807) is 29.9 Å². The third-order valence-electron chi connectivity index (χ3n) is 4.56. The summed E-state index contributed by atoms with van der Waals surface area (Å²) in [6.45, 7) is 1.72. The van der Waals surface area contributed by atoms with Gasteiger partial charge in [-0.2, -0.15) is 0 Å². The van der Waals surface area contributed by atoms with E-state index in [1.807, 2.05) is 10.3 Å². The summed E-state index contributed by atoms with van der Waals surface area (Å²) in [6, 6.07) is 0. The van der Waals surface area contributed by atoms with Crippen LogP contribution in [0.5, 0.6) is 0 Å². The van der Waals surface area contributed by atoms with E-state index in [4.69, 9.17) is 4.74 Å². The normalized spacial score (nSPS) is 21.0. The van der Waals surface area contributed by atoms with E-state index in [1.165, 1.54) is 23.3 Å². The topological polar surface area (TPSA) is 55.3 Å². The standard InChI is InChI=1S/C17H19N3O2S/c21-17(13-11-23-16-4-2-1-3-12(13)16)20-7-8-22-15(10-20)14-9-18-5-6-19-14/h5-6,9,11,15H,1-4,7-8,10H2/t15-/m1/s1. The average Bonchev–Trinajstić information content (AvgIpc) is 3.06. The van der Waals surface area contributed by atoms with Gasteiger partial charge in [0.2, 0.25) is 0 Å². The van der Waals surface area contributed by atoms with Crippen molar-refractivity contribution in [2.45, 2.75) is 31.8 Å². The number of morpholine rings is 1. The van der Waals surface area contributed by atoms with Crippen molar-refractivity contribution in [2.75, 3.05) is 19.7 Å². The quantitative estimate of drug-likeness (QED) is 0.850. The van der Waals surface area contributed by atoms with Gasteiger partial charge in [-0.3, -0.25) is 14.8 Å². The molecule has 0 N–H and O–H groups in total. The maximum atomic E-state index is 13.0. The number of carbonyl (C=O) groups excluding carboxylic acids is 1. The summed E-state index contributed by atoms with van der Waals surface area (Å²) >= 11 is 1.74. The number of hydrogen-bond donors (Lipinski definition) is 0.